The maximum atomic E-state index is 12.3. The van der Waals surface area contributed by atoms with Gasteiger partial charge in [0, 0.05) is 5.69 Å². The number of hydrogen-bond donors (Lipinski definition) is 2. The maximum Gasteiger partial charge on any atom is 0.323 e. The summed E-state index contributed by atoms with van der Waals surface area (Å²) in [6, 6.07) is 15.8. The quantitative estimate of drug-likeness (QED) is 0.711. The number of benzene rings is 2. The SMILES string of the molecule is Cc1ccc(Cn2nc(C)c(NC(=O)Nc3ccc(C)cc3)c2C)cc1. The predicted octanol–water partition coefficient (Wildman–Crippen LogP) is 4.81. The minimum absolute atomic E-state index is 0.269. The second-order valence-electron chi connectivity index (χ2n) is 6.63. The van der Waals surface area contributed by atoms with Gasteiger partial charge in [0.15, 0.2) is 0 Å². The van der Waals surface area contributed by atoms with Crippen LogP contribution in [0.1, 0.15) is 28.1 Å². The Morgan fingerprint density at radius 3 is 2.08 bits per heavy atom. The van der Waals surface area contributed by atoms with Gasteiger partial charge in [0.05, 0.1) is 23.6 Å². The van der Waals surface area contributed by atoms with Crippen molar-refractivity contribution in [3.05, 3.63) is 76.6 Å². The number of urea groups is 1. The summed E-state index contributed by atoms with van der Waals surface area (Å²) in [5, 5.41) is 10.3. The number of hydrogen-bond acceptors (Lipinski definition) is 2. The second kappa shape index (κ2) is 7.44. The van der Waals surface area contributed by atoms with Crippen molar-refractivity contribution in [3.63, 3.8) is 0 Å². The number of nitrogens with one attached hydrogen (secondary N) is 2. The lowest BCUT2D eigenvalue weighted by atomic mass is 10.1. The Morgan fingerprint density at radius 2 is 1.46 bits per heavy atom. The smallest absolute Gasteiger partial charge is 0.308 e. The van der Waals surface area contributed by atoms with Crippen molar-refractivity contribution in [2.24, 2.45) is 0 Å². The predicted molar refractivity (Wildman–Crippen MR) is 106 cm³/mol. The van der Waals surface area contributed by atoms with Gasteiger partial charge in [0.2, 0.25) is 0 Å². The molecule has 26 heavy (non-hydrogen) atoms. The lowest BCUT2D eigenvalue weighted by Gasteiger charge is -2.09. The van der Waals surface area contributed by atoms with Crippen LogP contribution >= 0.6 is 0 Å². The highest BCUT2D eigenvalue weighted by molar-refractivity contribution is 6.00. The van der Waals surface area contributed by atoms with Gasteiger partial charge in [-0.05, 0) is 45.4 Å². The van der Waals surface area contributed by atoms with Crippen LogP contribution in [0.2, 0.25) is 0 Å². The van der Waals surface area contributed by atoms with Crippen molar-refractivity contribution in [2.75, 3.05) is 10.6 Å². The van der Waals surface area contributed by atoms with Crippen molar-refractivity contribution in [1.29, 1.82) is 0 Å². The van der Waals surface area contributed by atoms with Crippen molar-refractivity contribution in [2.45, 2.75) is 34.2 Å². The molecule has 5 heteroatoms. The number of aromatic nitrogens is 2. The van der Waals surface area contributed by atoms with Gasteiger partial charge < -0.3 is 10.6 Å². The van der Waals surface area contributed by atoms with E-state index in [0.29, 0.717) is 6.54 Å². The summed E-state index contributed by atoms with van der Waals surface area (Å²) in [5.41, 5.74) is 6.81. The molecule has 5 nitrogen and oxygen atoms in total. The van der Waals surface area contributed by atoms with E-state index < -0.39 is 0 Å². The normalized spacial score (nSPS) is 10.6. The highest BCUT2D eigenvalue weighted by Crippen LogP contribution is 2.21. The Morgan fingerprint density at radius 1 is 0.885 bits per heavy atom. The molecule has 0 bridgehead atoms. The van der Waals surface area contributed by atoms with Gasteiger partial charge >= 0.3 is 6.03 Å². The van der Waals surface area contributed by atoms with E-state index in [0.717, 1.165) is 28.3 Å². The molecule has 0 fully saturated rings. The third kappa shape index (κ3) is 4.11. The fourth-order valence-corrected chi connectivity index (χ4v) is 2.81. The first-order valence-electron chi connectivity index (χ1n) is 8.66. The maximum absolute atomic E-state index is 12.3. The van der Waals surface area contributed by atoms with Crippen LogP contribution < -0.4 is 10.6 Å². The summed E-state index contributed by atoms with van der Waals surface area (Å²) in [5.74, 6) is 0. The summed E-state index contributed by atoms with van der Waals surface area (Å²) in [6.07, 6.45) is 0. The van der Waals surface area contributed by atoms with Gasteiger partial charge in [-0.15, -0.1) is 0 Å². The van der Waals surface area contributed by atoms with Crippen LogP contribution in [-0.4, -0.2) is 15.8 Å². The molecule has 0 unspecified atom stereocenters. The molecule has 0 saturated heterocycles. The summed E-state index contributed by atoms with van der Waals surface area (Å²) >= 11 is 0. The minimum Gasteiger partial charge on any atom is -0.308 e. The standard InChI is InChI=1S/C21H24N4O/c1-14-5-9-18(10-6-14)13-25-17(4)20(16(3)24-25)23-21(26)22-19-11-7-15(2)8-12-19/h5-12H,13H2,1-4H3,(H2,22,23,26). The highest BCUT2D eigenvalue weighted by Gasteiger charge is 2.14. The fourth-order valence-electron chi connectivity index (χ4n) is 2.81. The van der Waals surface area contributed by atoms with Gasteiger partial charge in [0.25, 0.3) is 0 Å². The summed E-state index contributed by atoms with van der Waals surface area (Å²) in [6.45, 7) is 8.63. The molecule has 0 spiro atoms. The molecule has 0 radical (unpaired) electrons. The van der Waals surface area contributed by atoms with Gasteiger partial charge in [-0.25, -0.2) is 4.79 Å². The first-order valence-corrected chi connectivity index (χ1v) is 8.66. The summed E-state index contributed by atoms with van der Waals surface area (Å²) in [4.78, 5) is 12.3. The van der Waals surface area contributed by atoms with Crippen LogP contribution in [0.15, 0.2) is 48.5 Å². The number of rotatable bonds is 4. The molecule has 0 aliphatic heterocycles. The molecule has 3 rings (SSSR count). The molecular weight excluding hydrogens is 324 g/mol. The summed E-state index contributed by atoms with van der Waals surface area (Å²) in [7, 11) is 0. The highest BCUT2D eigenvalue weighted by atomic mass is 16.2. The van der Waals surface area contributed by atoms with E-state index >= 15 is 0 Å². The van der Waals surface area contributed by atoms with E-state index in [1.807, 2.05) is 49.7 Å². The summed E-state index contributed by atoms with van der Waals surface area (Å²) < 4.78 is 1.92. The molecule has 134 valence electrons. The van der Waals surface area contributed by atoms with Crippen molar-refractivity contribution >= 4 is 17.4 Å². The van der Waals surface area contributed by atoms with Crippen molar-refractivity contribution < 1.29 is 4.79 Å². The van der Waals surface area contributed by atoms with Crippen LogP contribution in [0, 0.1) is 27.7 Å². The monoisotopic (exact) mass is 348 g/mol. The lowest BCUT2D eigenvalue weighted by molar-refractivity contribution is 0.262. The second-order valence-corrected chi connectivity index (χ2v) is 6.63. The van der Waals surface area contributed by atoms with Crippen LogP contribution in [0.25, 0.3) is 0 Å². The van der Waals surface area contributed by atoms with Gasteiger partial charge in [-0.2, -0.15) is 5.10 Å². The van der Waals surface area contributed by atoms with E-state index in [9.17, 15) is 4.79 Å². The van der Waals surface area contributed by atoms with E-state index in [-0.39, 0.29) is 6.03 Å². The Bertz CT molecular complexity index is 908. The van der Waals surface area contributed by atoms with Gasteiger partial charge in [0.1, 0.15) is 0 Å². The zero-order chi connectivity index (χ0) is 18.7. The van der Waals surface area contributed by atoms with E-state index in [1.165, 1.54) is 11.1 Å². The number of carbonyl (C=O) groups is 1. The molecule has 3 aromatic rings. The first kappa shape index (κ1) is 17.7. The molecule has 0 saturated carbocycles. The Kier molecular flexibility index (Phi) is 5.07. The Balaban J connectivity index is 1.71. The molecule has 0 aliphatic rings. The molecule has 2 N–H and O–H groups in total. The fraction of sp³-hybridized carbons (Fsp3) is 0.238. The first-order chi connectivity index (χ1) is 12.4. The molecular formula is C21H24N4O. The van der Waals surface area contributed by atoms with Crippen LogP contribution in [0.4, 0.5) is 16.2 Å². The van der Waals surface area contributed by atoms with Crippen LogP contribution in [0.5, 0.6) is 0 Å². The largest absolute Gasteiger partial charge is 0.323 e. The molecule has 2 amide bonds. The minimum atomic E-state index is -0.269. The van der Waals surface area contributed by atoms with Crippen LogP contribution in [-0.2, 0) is 6.54 Å². The molecule has 0 atom stereocenters. The Labute approximate surface area is 154 Å². The molecule has 1 aromatic heterocycles. The van der Waals surface area contributed by atoms with Crippen molar-refractivity contribution in [3.8, 4) is 0 Å². The molecule has 0 aliphatic carbocycles. The third-order valence-electron chi connectivity index (χ3n) is 4.38. The molecule has 1 heterocycles. The number of aryl methyl sites for hydroxylation is 3. The zero-order valence-corrected chi connectivity index (χ0v) is 15.6. The van der Waals surface area contributed by atoms with Gasteiger partial charge in [-0.3, -0.25) is 4.68 Å². The van der Waals surface area contributed by atoms with E-state index in [1.54, 1.807) is 0 Å². The lowest BCUT2D eigenvalue weighted by Crippen LogP contribution is -2.20. The van der Waals surface area contributed by atoms with Gasteiger partial charge in [-0.1, -0.05) is 47.5 Å². The number of amides is 2. The van der Waals surface area contributed by atoms with Crippen molar-refractivity contribution in [1.82, 2.24) is 9.78 Å². The van der Waals surface area contributed by atoms with E-state index in [2.05, 4.69) is 46.9 Å². The zero-order valence-electron chi connectivity index (χ0n) is 15.6. The third-order valence-corrected chi connectivity index (χ3v) is 4.38. The van der Waals surface area contributed by atoms with E-state index in [4.69, 9.17) is 0 Å². The number of nitrogens with zero attached hydrogens (tertiary/aromatic N) is 2. The molecule has 2 aromatic carbocycles. The number of carbonyl (C=O) groups excluding carboxylic acids is 1. The average molecular weight is 348 g/mol. The average Bonchev–Trinajstić information content (AvgIpc) is 2.86. The number of anilines is 2. The van der Waals surface area contributed by atoms with Crippen LogP contribution in [0.3, 0.4) is 0 Å². The topological polar surface area (TPSA) is 59.0 Å². The Hall–Kier alpha value is -3.08.